The van der Waals surface area contributed by atoms with Crippen LogP contribution in [0.4, 0.5) is 9.59 Å². The number of imide groups is 1. The monoisotopic (exact) mass is 559 g/mol. The largest absolute Gasteiger partial charge is 0.477 e. The van der Waals surface area contributed by atoms with Gasteiger partial charge in [-0.15, -0.1) is 23.1 Å². The van der Waals surface area contributed by atoms with Crippen LogP contribution in [0.15, 0.2) is 59.1 Å². The molecule has 198 valence electrons. The van der Waals surface area contributed by atoms with Gasteiger partial charge in [-0.05, 0) is 11.4 Å². The molecule has 0 aliphatic carbocycles. The quantitative estimate of drug-likeness (QED) is 0.304. The molecule has 14 heteroatoms. The van der Waals surface area contributed by atoms with Gasteiger partial charge in [-0.3, -0.25) is 19.3 Å². The van der Waals surface area contributed by atoms with Gasteiger partial charge in [0.15, 0.2) is 12.4 Å². The number of carbonyl (C=O) groups is 6. The van der Waals surface area contributed by atoms with Crippen molar-refractivity contribution in [1.82, 2.24) is 15.5 Å². The minimum absolute atomic E-state index is 0.108. The molecule has 2 aromatic rings. The zero-order valence-corrected chi connectivity index (χ0v) is 21.2. The number of carbonyl (C=O) groups excluding carboxylic acids is 5. The normalized spacial score (nSPS) is 18.1. The van der Waals surface area contributed by atoms with Crippen LogP contribution in [0.2, 0.25) is 0 Å². The summed E-state index contributed by atoms with van der Waals surface area (Å²) in [5, 5.41) is 15.4. The van der Waals surface area contributed by atoms with E-state index >= 15 is 0 Å². The van der Waals surface area contributed by atoms with Crippen molar-refractivity contribution in [2.24, 2.45) is 0 Å². The van der Waals surface area contributed by atoms with Crippen LogP contribution in [0.5, 0.6) is 0 Å². The first-order valence-electron chi connectivity index (χ1n) is 11.1. The van der Waals surface area contributed by atoms with E-state index in [2.05, 4.69) is 5.32 Å². The number of fused-ring (bicyclic) bond motifs is 1. The van der Waals surface area contributed by atoms with Crippen molar-refractivity contribution in [3.05, 3.63) is 69.6 Å². The van der Waals surface area contributed by atoms with E-state index in [9.17, 15) is 33.9 Å². The van der Waals surface area contributed by atoms with Gasteiger partial charge in [0.25, 0.3) is 5.91 Å². The molecule has 2 aliphatic rings. The molecule has 0 radical (unpaired) electrons. The third-order valence-electron chi connectivity index (χ3n) is 5.49. The Labute approximate surface area is 224 Å². The molecule has 0 bridgehead atoms. The molecular formula is C24H21N3O9S2. The Kier molecular flexibility index (Phi) is 8.43. The Morgan fingerprint density at radius 3 is 2.45 bits per heavy atom. The third-order valence-corrected chi connectivity index (χ3v) is 7.71. The standard InChI is InChI=1S/C24H21N3O9S2/c28-16(13-5-2-1-3-6-13)11-36-24(34)26-23(33)35-10-14-12-38-21-18(20(30)27(21)19(14)22(31)32)25-17(29)9-15-7-4-8-37-15/h1-8,18,21H,9-12H2,(H,25,29)(H,31,32)(H,26,33,34)/t18?,21-/m0/s1. The van der Waals surface area contributed by atoms with Crippen molar-refractivity contribution in [3.63, 3.8) is 0 Å². The average molecular weight is 560 g/mol. The molecule has 0 spiro atoms. The number of thiophene rings is 1. The Bertz CT molecular complexity index is 1290. The van der Waals surface area contributed by atoms with Gasteiger partial charge in [-0.25, -0.2) is 19.7 Å². The summed E-state index contributed by atoms with van der Waals surface area (Å²) in [7, 11) is 0. The summed E-state index contributed by atoms with van der Waals surface area (Å²) < 4.78 is 9.65. The van der Waals surface area contributed by atoms with Gasteiger partial charge in [0.2, 0.25) is 5.91 Å². The minimum Gasteiger partial charge on any atom is -0.477 e. The van der Waals surface area contributed by atoms with E-state index in [0.717, 1.165) is 9.78 Å². The molecule has 38 heavy (non-hydrogen) atoms. The van der Waals surface area contributed by atoms with Crippen LogP contribution >= 0.6 is 23.1 Å². The maximum Gasteiger partial charge on any atom is 0.417 e. The second-order valence-corrected chi connectivity index (χ2v) is 10.2. The van der Waals surface area contributed by atoms with Crippen LogP contribution in [-0.4, -0.2) is 76.1 Å². The highest BCUT2D eigenvalue weighted by Crippen LogP contribution is 2.40. The molecule has 4 amide bonds. The van der Waals surface area contributed by atoms with Crippen LogP contribution in [-0.2, 0) is 30.3 Å². The molecule has 1 aromatic carbocycles. The van der Waals surface area contributed by atoms with Gasteiger partial charge in [0.05, 0.1) is 6.42 Å². The number of carboxylic acids is 1. The molecule has 12 nitrogen and oxygen atoms in total. The van der Waals surface area contributed by atoms with Gasteiger partial charge in [0.1, 0.15) is 23.7 Å². The summed E-state index contributed by atoms with van der Waals surface area (Å²) in [5.41, 5.74) is 0.124. The number of nitrogens with zero attached hydrogens (tertiary/aromatic N) is 1. The second-order valence-electron chi connectivity index (χ2n) is 8.03. The molecule has 4 rings (SSSR count). The molecule has 2 aliphatic heterocycles. The predicted molar refractivity (Wildman–Crippen MR) is 134 cm³/mol. The summed E-state index contributed by atoms with van der Waals surface area (Å²) in [6.45, 7) is -1.11. The van der Waals surface area contributed by atoms with Crippen molar-refractivity contribution < 1.29 is 43.3 Å². The fraction of sp³-hybridized carbons (Fsp3) is 0.250. The highest BCUT2D eigenvalue weighted by Gasteiger charge is 2.54. The van der Waals surface area contributed by atoms with Gasteiger partial charge < -0.3 is 19.9 Å². The molecule has 1 aromatic heterocycles. The van der Waals surface area contributed by atoms with Crippen LogP contribution in [0.25, 0.3) is 0 Å². The first-order chi connectivity index (χ1) is 18.2. The van der Waals surface area contributed by atoms with E-state index in [4.69, 9.17) is 9.47 Å². The lowest BCUT2D eigenvalue weighted by molar-refractivity contribution is -0.150. The number of alkyl carbamates (subject to hydrolysis) is 2. The van der Waals surface area contributed by atoms with E-state index in [1.54, 1.807) is 41.7 Å². The van der Waals surface area contributed by atoms with E-state index in [1.165, 1.54) is 23.1 Å². The molecule has 3 heterocycles. The Balaban J connectivity index is 1.28. The second kappa shape index (κ2) is 11.9. The lowest BCUT2D eigenvalue weighted by Crippen LogP contribution is -2.70. The Morgan fingerprint density at radius 2 is 1.76 bits per heavy atom. The van der Waals surface area contributed by atoms with E-state index < -0.39 is 54.5 Å². The number of hydrogen-bond acceptors (Lipinski definition) is 10. The molecule has 0 saturated carbocycles. The molecule has 1 unspecified atom stereocenters. The summed E-state index contributed by atoms with van der Waals surface area (Å²) in [4.78, 5) is 74.6. The number of ketones is 1. The fourth-order valence-corrected chi connectivity index (χ4v) is 5.77. The predicted octanol–water partition coefficient (Wildman–Crippen LogP) is 1.77. The third kappa shape index (κ3) is 6.20. The van der Waals surface area contributed by atoms with Crippen LogP contribution < -0.4 is 10.6 Å². The number of Topliss-reactive ketones (excluding diaryl/α,β-unsaturated/α-hetero) is 1. The van der Waals surface area contributed by atoms with Gasteiger partial charge in [-0.1, -0.05) is 36.4 Å². The number of nitrogens with one attached hydrogen (secondary N) is 2. The molecule has 1 saturated heterocycles. The number of ether oxygens (including phenoxy) is 2. The number of amides is 4. The summed E-state index contributed by atoms with van der Waals surface area (Å²) in [6, 6.07) is 10.8. The highest BCUT2D eigenvalue weighted by molar-refractivity contribution is 8.00. The molecular weight excluding hydrogens is 538 g/mol. The zero-order chi connectivity index (χ0) is 27.2. The fourth-order valence-electron chi connectivity index (χ4n) is 3.74. The number of carboxylic acid groups (broad SMARTS) is 1. The molecule has 2 atom stereocenters. The number of rotatable bonds is 9. The van der Waals surface area contributed by atoms with Crippen molar-refractivity contribution in [1.29, 1.82) is 0 Å². The van der Waals surface area contributed by atoms with Gasteiger partial charge in [0, 0.05) is 21.8 Å². The van der Waals surface area contributed by atoms with Crippen LogP contribution in [0.1, 0.15) is 15.2 Å². The minimum atomic E-state index is -1.40. The summed E-state index contributed by atoms with van der Waals surface area (Å²) >= 11 is 2.62. The van der Waals surface area contributed by atoms with Crippen LogP contribution in [0, 0.1) is 0 Å². The first kappa shape index (κ1) is 26.9. The summed E-state index contributed by atoms with van der Waals surface area (Å²) in [6.07, 6.45) is -2.33. The Morgan fingerprint density at radius 1 is 1.03 bits per heavy atom. The number of aliphatic carboxylic acids is 1. The average Bonchev–Trinajstić information content (AvgIpc) is 3.41. The maximum atomic E-state index is 12.7. The van der Waals surface area contributed by atoms with Crippen molar-refractivity contribution in [3.8, 4) is 0 Å². The van der Waals surface area contributed by atoms with Crippen molar-refractivity contribution >= 4 is 58.9 Å². The number of β-lactam (4-membered cyclic amide) rings is 1. The lowest BCUT2D eigenvalue weighted by atomic mass is 10.0. The van der Waals surface area contributed by atoms with Crippen molar-refractivity contribution in [2.75, 3.05) is 19.0 Å². The van der Waals surface area contributed by atoms with Gasteiger partial charge in [-0.2, -0.15) is 0 Å². The van der Waals surface area contributed by atoms with E-state index in [-0.39, 0.29) is 29.4 Å². The number of benzene rings is 1. The number of hydrogen-bond donors (Lipinski definition) is 3. The SMILES string of the molecule is O=C(Cc1cccs1)NC1C(=O)N2C(C(=O)O)=C(COC(=O)NC(=O)OCC(=O)c3ccccc3)CS[C@@H]12. The molecule has 1 fully saturated rings. The number of thioether (sulfide) groups is 1. The highest BCUT2D eigenvalue weighted by atomic mass is 32.2. The molecule has 3 N–H and O–H groups in total. The van der Waals surface area contributed by atoms with E-state index in [1.807, 2.05) is 11.4 Å². The summed E-state index contributed by atoms with van der Waals surface area (Å²) in [5.74, 6) is -2.71. The zero-order valence-electron chi connectivity index (χ0n) is 19.6. The van der Waals surface area contributed by atoms with E-state index in [0.29, 0.717) is 5.56 Å². The Hall–Kier alpha value is -4.17. The lowest BCUT2D eigenvalue weighted by Gasteiger charge is -2.49. The smallest absolute Gasteiger partial charge is 0.417 e. The van der Waals surface area contributed by atoms with Crippen LogP contribution in [0.3, 0.4) is 0 Å². The first-order valence-corrected chi connectivity index (χ1v) is 13.1. The topological polar surface area (TPSA) is 168 Å². The van der Waals surface area contributed by atoms with Gasteiger partial charge >= 0.3 is 18.2 Å². The van der Waals surface area contributed by atoms with Crippen molar-refractivity contribution in [2.45, 2.75) is 17.8 Å². The maximum absolute atomic E-state index is 12.7.